The van der Waals surface area contributed by atoms with Crippen molar-refractivity contribution >= 4 is 0 Å². The first-order chi connectivity index (χ1) is 8.92. The van der Waals surface area contributed by atoms with Gasteiger partial charge in [0.15, 0.2) is 0 Å². The van der Waals surface area contributed by atoms with Gasteiger partial charge in [-0.15, -0.1) is 0 Å². The molecule has 1 aromatic carbocycles. The first-order valence-electron chi connectivity index (χ1n) is 6.59. The molecule has 1 aromatic heterocycles. The molecular formula is C16H18N2. The van der Waals surface area contributed by atoms with Crippen LogP contribution < -0.4 is 5.32 Å². The third-order valence-electron chi connectivity index (χ3n) is 3.75. The van der Waals surface area contributed by atoms with Gasteiger partial charge in [-0.05, 0) is 42.0 Å². The van der Waals surface area contributed by atoms with E-state index < -0.39 is 0 Å². The van der Waals surface area contributed by atoms with E-state index in [-0.39, 0.29) is 0 Å². The molecule has 0 aliphatic heterocycles. The van der Waals surface area contributed by atoms with Crippen LogP contribution in [0.1, 0.15) is 29.9 Å². The van der Waals surface area contributed by atoms with Gasteiger partial charge in [0.05, 0.1) is 0 Å². The topological polar surface area (TPSA) is 24.9 Å². The number of benzene rings is 1. The Morgan fingerprint density at radius 1 is 1.00 bits per heavy atom. The first kappa shape index (κ1) is 11.4. The lowest BCUT2D eigenvalue weighted by molar-refractivity contribution is 0.289. The van der Waals surface area contributed by atoms with Gasteiger partial charge in [0.1, 0.15) is 0 Å². The average Bonchev–Trinajstić information content (AvgIpc) is 2.39. The number of rotatable bonds is 4. The summed E-state index contributed by atoms with van der Waals surface area (Å²) in [5.74, 6) is 0.751. The van der Waals surface area contributed by atoms with Crippen LogP contribution in [-0.2, 0) is 6.54 Å². The maximum atomic E-state index is 4.03. The summed E-state index contributed by atoms with van der Waals surface area (Å²) in [4.78, 5) is 4.03. The van der Waals surface area contributed by atoms with E-state index in [4.69, 9.17) is 0 Å². The zero-order chi connectivity index (χ0) is 12.2. The minimum absolute atomic E-state index is 0.670. The molecule has 2 aromatic rings. The van der Waals surface area contributed by atoms with Crippen LogP contribution in [0.2, 0.25) is 0 Å². The number of aromatic nitrogens is 1. The fourth-order valence-corrected chi connectivity index (χ4v) is 2.54. The van der Waals surface area contributed by atoms with Crippen molar-refractivity contribution in [2.75, 3.05) is 0 Å². The molecule has 1 heterocycles. The molecule has 1 aliphatic carbocycles. The molecular weight excluding hydrogens is 220 g/mol. The van der Waals surface area contributed by atoms with E-state index in [0.29, 0.717) is 6.04 Å². The van der Waals surface area contributed by atoms with E-state index >= 15 is 0 Å². The fourth-order valence-electron chi connectivity index (χ4n) is 2.54. The molecule has 0 atom stereocenters. The predicted octanol–water partition coefficient (Wildman–Crippen LogP) is 3.12. The summed E-state index contributed by atoms with van der Waals surface area (Å²) in [5, 5.41) is 3.61. The molecule has 1 saturated carbocycles. The van der Waals surface area contributed by atoms with Crippen LogP contribution in [0, 0.1) is 0 Å². The van der Waals surface area contributed by atoms with Crippen molar-refractivity contribution in [2.24, 2.45) is 0 Å². The number of hydrogen-bond acceptors (Lipinski definition) is 2. The van der Waals surface area contributed by atoms with Crippen LogP contribution in [0.25, 0.3) is 0 Å². The largest absolute Gasteiger partial charge is 0.310 e. The number of hydrogen-bond donors (Lipinski definition) is 1. The molecule has 92 valence electrons. The maximum Gasteiger partial charge on any atom is 0.0271 e. The summed E-state index contributed by atoms with van der Waals surface area (Å²) < 4.78 is 0. The van der Waals surface area contributed by atoms with Crippen LogP contribution in [0.15, 0.2) is 54.9 Å². The highest BCUT2D eigenvalue weighted by Crippen LogP contribution is 2.36. The normalized spacial score (nSPS) is 22.4. The molecule has 2 nitrogen and oxygen atoms in total. The van der Waals surface area contributed by atoms with Gasteiger partial charge in [-0.3, -0.25) is 4.98 Å². The van der Waals surface area contributed by atoms with Crippen molar-refractivity contribution in [3.05, 3.63) is 66.0 Å². The van der Waals surface area contributed by atoms with Crippen molar-refractivity contribution < 1.29 is 0 Å². The van der Waals surface area contributed by atoms with Crippen LogP contribution >= 0.6 is 0 Å². The zero-order valence-electron chi connectivity index (χ0n) is 10.4. The highest BCUT2D eigenvalue weighted by atomic mass is 14.9. The molecule has 1 aliphatic rings. The van der Waals surface area contributed by atoms with E-state index in [1.54, 1.807) is 0 Å². The van der Waals surface area contributed by atoms with Crippen LogP contribution in [-0.4, -0.2) is 11.0 Å². The fraction of sp³-hybridized carbons (Fsp3) is 0.312. The molecule has 0 unspecified atom stereocenters. The van der Waals surface area contributed by atoms with Crippen molar-refractivity contribution in [3.8, 4) is 0 Å². The number of nitrogens with zero attached hydrogens (tertiary/aromatic N) is 1. The van der Waals surface area contributed by atoms with Gasteiger partial charge < -0.3 is 5.32 Å². The Bertz CT molecular complexity index is 472. The Morgan fingerprint density at radius 3 is 2.44 bits per heavy atom. The van der Waals surface area contributed by atoms with Gasteiger partial charge in [-0.1, -0.05) is 30.3 Å². The summed E-state index contributed by atoms with van der Waals surface area (Å²) in [6.45, 7) is 0.953. The van der Waals surface area contributed by atoms with Gasteiger partial charge >= 0.3 is 0 Å². The highest BCUT2D eigenvalue weighted by Gasteiger charge is 2.29. The number of nitrogens with one attached hydrogen (secondary N) is 1. The van der Waals surface area contributed by atoms with Crippen LogP contribution in [0.5, 0.6) is 0 Å². The second-order valence-corrected chi connectivity index (χ2v) is 5.01. The molecule has 0 radical (unpaired) electrons. The van der Waals surface area contributed by atoms with E-state index in [2.05, 4.69) is 52.8 Å². The Balaban J connectivity index is 1.46. The summed E-state index contributed by atoms with van der Waals surface area (Å²) in [6.07, 6.45) is 6.22. The zero-order valence-corrected chi connectivity index (χ0v) is 10.4. The van der Waals surface area contributed by atoms with E-state index in [1.807, 2.05) is 12.4 Å². The second-order valence-electron chi connectivity index (χ2n) is 5.01. The highest BCUT2D eigenvalue weighted by molar-refractivity contribution is 5.23. The monoisotopic (exact) mass is 238 g/mol. The molecule has 1 N–H and O–H groups in total. The van der Waals surface area contributed by atoms with Crippen LogP contribution in [0.4, 0.5) is 0 Å². The summed E-state index contributed by atoms with van der Waals surface area (Å²) >= 11 is 0. The minimum atomic E-state index is 0.670. The standard InChI is InChI=1S/C16H18N2/c1-2-4-14(5-3-1)15-10-16(11-15)18-12-13-6-8-17-9-7-13/h1-9,15-16,18H,10-12H2. The van der Waals surface area contributed by atoms with Crippen molar-refractivity contribution in [1.82, 2.24) is 10.3 Å². The Hall–Kier alpha value is -1.67. The Labute approximate surface area is 108 Å². The maximum absolute atomic E-state index is 4.03. The molecule has 0 amide bonds. The van der Waals surface area contributed by atoms with Gasteiger partial charge in [0.2, 0.25) is 0 Å². The second kappa shape index (κ2) is 5.32. The summed E-state index contributed by atoms with van der Waals surface area (Å²) in [5.41, 5.74) is 2.80. The third-order valence-corrected chi connectivity index (χ3v) is 3.75. The lowest BCUT2D eigenvalue weighted by Gasteiger charge is -2.36. The molecule has 0 bridgehead atoms. The molecule has 0 spiro atoms. The molecule has 0 saturated heterocycles. The molecule has 2 heteroatoms. The van der Waals surface area contributed by atoms with Crippen molar-refractivity contribution in [1.29, 1.82) is 0 Å². The molecule has 18 heavy (non-hydrogen) atoms. The van der Waals surface area contributed by atoms with E-state index in [9.17, 15) is 0 Å². The van der Waals surface area contributed by atoms with Gasteiger partial charge in [0.25, 0.3) is 0 Å². The first-order valence-corrected chi connectivity index (χ1v) is 6.59. The van der Waals surface area contributed by atoms with Crippen molar-refractivity contribution in [2.45, 2.75) is 31.3 Å². The summed E-state index contributed by atoms with van der Waals surface area (Å²) in [7, 11) is 0. The lowest BCUT2D eigenvalue weighted by Crippen LogP contribution is -2.39. The van der Waals surface area contributed by atoms with E-state index in [1.165, 1.54) is 24.0 Å². The smallest absolute Gasteiger partial charge is 0.0271 e. The predicted molar refractivity (Wildman–Crippen MR) is 73.3 cm³/mol. The van der Waals surface area contributed by atoms with Crippen LogP contribution in [0.3, 0.4) is 0 Å². The average molecular weight is 238 g/mol. The SMILES string of the molecule is c1ccc(C2CC(NCc3ccncc3)C2)cc1. The third kappa shape index (κ3) is 2.59. The lowest BCUT2D eigenvalue weighted by atomic mass is 9.76. The Kier molecular flexibility index (Phi) is 3.37. The van der Waals surface area contributed by atoms with Gasteiger partial charge in [-0.25, -0.2) is 0 Å². The van der Waals surface area contributed by atoms with Gasteiger partial charge in [-0.2, -0.15) is 0 Å². The van der Waals surface area contributed by atoms with E-state index in [0.717, 1.165) is 12.5 Å². The molecule has 3 rings (SSSR count). The quantitative estimate of drug-likeness (QED) is 0.885. The number of pyridine rings is 1. The minimum Gasteiger partial charge on any atom is -0.310 e. The van der Waals surface area contributed by atoms with Crippen molar-refractivity contribution in [3.63, 3.8) is 0 Å². The Morgan fingerprint density at radius 2 is 1.72 bits per heavy atom. The van der Waals surface area contributed by atoms with Gasteiger partial charge in [0, 0.05) is 25.0 Å². The summed E-state index contributed by atoms with van der Waals surface area (Å²) in [6, 6.07) is 15.6. The molecule has 1 fully saturated rings.